The summed E-state index contributed by atoms with van der Waals surface area (Å²) in [7, 11) is -3.47. The lowest BCUT2D eigenvalue weighted by atomic mass is 10.2. The van der Waals surface area contributed by atoms with E-state index >= 15 is 0 Å². The van der Waals surface area contributed by atoms with Crippen molar-refractivity contribution in [1.82, 2.24) is 4.31 Å². The topological polar surface area (TPSA) is 66.9 Å². The maximum Gasteiger partial charge on any atom is 0.264 e. The number of nitrogens with zero attached hydrogens (tertiary/aromatic N) is 2. The normalized spacial score (nSPS) is 17.0. The van der Waals surface area contributed by atoms with Crippen LogP contribution in [0.15, 0.2) is 47.4 Å². The largest absolute Gasteiger partial charge is 0.484 e. The molecule has 0 spiro atoms. The van der Waals surface area contributed by atoms with Crippen LogP contribution in [0.5, 0.6) is 5.75 Å². The number of hydrogen-bond acceptors (Lipinski definition) is 4. The number of piperidine rings is 1. The average molecular weight is 429 g/mol. The third-order valence-electron chi connectivity index (χ3n) is 5.89. The molecule has 0 aromatic heterocycles. The van der Waals surface area contributed by atoms with Crippen molar-refractivity contribution in [2.45, 2.75) is 43.9 Å². The molecule has 2 aliphatic rings. The first-order valence-electron chi connectivity index (χ1n) is 10.6. The lowest BCUT2D eigenvalue weighted by Gasteiger charge is -2.26. The minimum atomic E-state index is -3.47. The van der Waals surface area contributed by atoms with E-state index in [1.54, 1.807) is 27.4 Å². The van der Waals surface area contributed by atoms with Crippen molar-refractivity contribution in [2.75, 3.05) is 31.1 Å². The van der Waals surface area contributed by atoms with Crippen LogP contribution >= 0.6 is 0 Å². The third-order valence-corrected chi connectivity index (χ3v) is 7.79. The van der Waals surface area contributed by atoms with Crippen molar-refractivity contribution in [3.8, 4) is 5.75 Å². The Bertz CT molecular complexity index is 1010. The molecule has 2 aromatic rings. The molecule has 0 bridgehead atoms. The number of aryl methyl sites for hydroxylation is 1. The Balaban J connectivity index is 1.44. The first-order valence-corrected chi connectivity index (χ1v) is 12.1. The highest BCUT2D eigenvalue weighted by atomic mass is 32.2. The van der Waals surface area contributed by atoms with Crippen molar-refractivity contribution in [2.24, 2.45) is 0 Å². The summed E-state index contributed by atoms with van der Waals surface area (Å²) in [6.45, 7) is 3.76. The zero-order chi connectivity index (χ0) is 21.1. The second kappa shape index (κ2) is 8.78. The molecule has 4 rings (SSSR count). The van der Waals surface area contributed by atoms with E-state index in [4.69, 9.17) is 4.74 Å². The molecule has 7 heteroatoms. The molecule has 1 amide bonds. The van der Waals surface area contributed by atoms with E-state index in [1.165, 1.54) is 5.56 Å². The summed E-state index contributed by atoms with van der Waals surface area (Å²) in [5.41, 5.74) is 2.90. The quantitative estimate of drug-likeness (QED) is 0.707. The molecule has 0 unspecified atom stereocenters. The second-order valence-corrected chi connectivity index (χ2v) is 9.77. The molecule has 30 heavy (non-hydrogen) atoms. The monoisotopic (exact) mass is 428 g/mol. The number of hydrogen-bond donors (Lipinski definition) is 0. The first-order chi connectivity index (χ1) is 14.5. The van der Waals surface area contributed by atoms with Crippen LogP contribution in [0.2, 0.25) is 0 Å². The number of amides is 1. The Labute approximate surface area is 178 Å². The molecule has 0 radical (unpaired) electrons. The van der Waals surface area contributed by atoms with E-state index in [1.807, 2.05) is 24.3 Å². The first kappa shape index (κ1) is 20.9. The van der Waals surface area contributed by atoms with Gasteiger partial charge in [0.05, 0.1) is 4.90 Å². The number of fused-ring (bicyclic) bond motifs is 1. The average Bonchev–Trinajstić information content (AvgIpc) is 3.22. The Hall–Kier alpha value is -2.38. The Morgan fingerprint density at radius 1 is 1.00 bits per heavy atom. The van der Waals surface area contributed by atoms with E-state index in [0.717, 1.165) is 36.9 Å². The van der Waals surface area contributed by atoms with Gasteiger partial charge in [-0.1, -0.05) is 25.5 Å². The van der Waals surface area contributed by atoms with Crippen LogP contribution in [0, 0.1) is 0 Å². The summed E-state index contributed by atoms with van der Waals surface area (Å²) in [5.74, 6) is 0.544. The van der Waals surface area contributed by atoms with Crippen molar-refractivity contribution < 1.29 is 17.9 Å². The van der Waals surface area contributed by atoms with Crippen LogP contribution in [0.4, 0.5) is 5.69 Å². The van der Waals surface area contributed by atoms with Gasteiger partial charge in [0, 0.05) is 25.3 Å². The number of carbonyl (C=O) groups excluding carboxylic acids is 1. The number of anilines is 1. The highest BCUT2D eigenvalue weighted by molar-refractivity contribution is 7.89. The molecular weight excluding hydrogens is 400 g/mol. The SMILES string of the molecule is CCc1ccc(OCC(=O)N2CCc3cc(S(=O)(=O)N4CCCCC4)ccc32)cc1. The van der Waals surface area contributed by atoms with E-state index in [2.05, 4.69) is 6.92 Å². The molecule has 0 aliphatic carbocycles. The highest BCUT2D eigenvalue weighted by Crippen LogP contribution is 2.32. The number of ether oxygens (including phenoxy) is 1. The van der Waals surface area contributed by atoms with Gasteiger partial charge in [-0.3, -0.25) is 4.79 Å². The Morgan fingerprint density at radius 2 is 1.73 bits per heavy atom. The van der Waals surface area contributed by atoms with Crippen LogP contribution in [-0.4, -0.2) is 44.9 Å². The summed E-state index contributed by atoms with van der Waals surface area (Å²) in [6, 6.07) is 12.9. The van der Waals surface area contributed by atoms with Gasteiger partial charge < -0.3 is 9.64 Å². The smallest absolute Gasteiger partial charge is 0.264 e. The van der Waals surface area contributed by atoms with Gasteiger partial charge in [-0.25, -0.2) is 8.42 Å². The maximum atomic E-state index is 12.9. The van der Waals surface area contributed by atoms with Crippen molar-refractivity contribution in [3.05, 3.63) is 53.6 Å². The summed E-state index contributed by atoms with van der Waals surface area (Å²) in [4.78, 5) is 14.7. The zero-order valence-corrected chi connectivity index (χ0v) is 18.2. The van der Waals surface area contributed by atoms with Crippen molar-refractivity contribution in [3.63, 3.8) is 0 Å². The molecule has 0 N–H and O–H groups in total. The lowest BCUT2D eigenvalue weighted by Crippen LogP contribution is -2.35. The molecule has 2 heterocycles. The van der Waals surface area contributed by atoms with Crippen molar-refractivity contribution >= 4 is 21.6 Å². The summed E-state index contributed by atoms with van der Waals surface area (Å²) >= 11 is 0. The van der Waals surface area contributed by atoms with Gasteiger partial charge in [0.1, 0.15) is 5.75 Å². The minimum absolute atomic E-state index is 0.0429. The van der Waals surface area contributed by atoms with Crippen LogP contribution in [0.25, 0.3) is 0 Å². The number of sulfonamides is 1. The van der Waals surface area contributed by atoms with Crippen molar-refractivity contribution in [1.29, 1.82) is 0 Å². The third kappa shape index (κ3) is 4.23. The van der Waals surface area contributed by atoms with Gasteiger partial charge >= 0.3 is 0 Å². The summed E-state index contributed by atoms with van der Waals surface area (Å²) < 4.78 is 33.1. The zero-order valence-electron chi connectivity index (χ0n) is 17.3. The maximum absolute atomic E-state index is 12.9. The van der Waals surface area contributed by atoms with Gasteiger partial charge in [-0.15, -0.1) is 0 Å². The molecule has 1 fully saturated rings. The van der Waals surface area contributed by atoms with Crippen LogP contribution < -0.4 is 9.64 Å². The fourth-order valence-electron chi connectivity index (χ4n) is 4.10. The van der Waals surface area contributed by atoms with E-state index in [9.17, 15) is 13.2 Å². The van der Waals surface area contributed by atoms with Gasteiger partial charge in [0.25, 0.3) is 5.91 Å². The predicted octanol–water partition coefficient (Wildman–Crippen LogP) is 3.39. The standard InChI is InChI=1S/C23H28N2O4S/c1-2-18-6-8-20(9-7-18)29-17-23(26)25-15-12-19-16-21(10-11-22(19)25)30(27,28)24-13-4-3-5-14-24/h6-11,16H,2-5,12-15,17H2,1H3. The number of rotatable bonds is 6. The molecule has 2 aliphatic heterocycles. The molecule has 6 nitrogen and oxygen atoms in total. The van der Waals surface area contributed by atoms with Crippen LogP contribution in [0.1, 0.15) is 37.3 Å². The molecule has 0 saturated carbocycles. The summed E-state index contributed by atoms with van der Waals surface area (Å²) in [6.07, 6.45) is 4.51. The van der Waals surface area contributed by atoms with E-state index in [-0.39, 0.29) is 12.5 Å². The second-order valence-electron chi connectivity index (χ2n) is 7.84. The Morgan fingerprint density at radius 3 is 2.43 bits per heavy atom. The lowest BCUT2D eigenvalue weighted by molar-refractivity contribution is -0.120. The van der Waals surface area contributed by atoms with Gasteiger partial charge in [-0.2, -0.15) is 4.31 Å². The molecular formula is C23H28N2O4S. The number of benzene rings is 2. The van der Waals surface area contributed by atoms with E-state index < -0.39 is 10.0 Å². The molecule has 2 aromatic carbocycles. The van der Waals surface area contributed by atoms with Gasteiger partial charge in [0.15, 0.2) is 6.61 Å². The summed E-state index contributed by atoms with van der Waals surface area (Å²) in [5, 5.41) is 0. The van der Waals surface area contributed by atoms with Crippen LogP contribution in [0.3, 0.4) is 0 Å². The van der Waals surface area contributed by atoms with Gasteiger partial charge in [-0.05, 0) is 67.1 Å². The fourth-order valence-corrected chi connectivity index (χ4v) is 5.66. The number of carbonyl (C=O) groups is 1. The van der Waals surface area contributed by atoms with Gasteiger partial charge in [0.2, 0.25) is 10.0 Å². The molecule has 160 valence electrons. The minimum Gasteiger partial charge on any atom is -0.484 e. The fraction of sp³-hybridized carbons (Fsp3) is 0.435. The van der Waals surface area contributed by atoms with E-state index in [0.29, 0.717) is 36.7 Å². The molecule has 0 atom stereocenters. The van der Waals surface area contributed by atoms with Crippen LogP contribution in [-0.2, 0) is 27.7 Å². The predicted molar refractivity (Wildman–Crippen MR) is 116 cm³/mol. The molecule has 1 saturated heterocycles. The highest BCUT2D eigenvalue weighted by Gasteiger charge is 2.30. The Kier molecular flexibility index (Phi) is 6.11.